The number of unbranched alkanes of at least 4 members (excludes halogenated alkanes) is 1. The SMILES string of the molecule is CCCCC(CC)CC(O)C1CCCCCC1. The molecule has 1 fully saturated rings. The third-order valence-corrected chi connectivity index (χ3v) is 4.56. The van der Waals surface area contributed by atoms with Gasteiger partial charge in [0.05, 0.1) is 6.10 Å². The van der Waals surface area contributed by atoms with Gasteiger partial charge in [0.25, 0.3) is 0 Å². The average molecular weight is 240 g/mol. The van der Waals surface area contributed by atoms with Crippen molar-refractivity contribution in [3.8, 4) is 0 Å². The predicted molar refractivity (Wildman–Crippen MR) is 75.1 cm³/mol. The second-order valence-electron chi connectivity index (χ2n) is 5.97. The highest BCUT2D eigenvalue weighted by Gasteiger charge is 2.22. The first-order chi connectivity index (χ1) is 8.27. The van der Waals surface area contributed by atoms with E-state index in [0.717, 1.165) is 12.3 Å². The molecule has 0 radical (unpaired) electrons. The van der Waals surface area contributed by atoms with Crippen LogP contribution in [-0.4, -0.2) is 11.2 Å². The molecule has 1 aliphatic carbocycles. The molecule has 0 bridgehead atoms. The molecule has 0 aliphatic heterocycles. The number of aliphatic hydroxyl groups excluding tert-OH is 1. The fourth-order valence-electron chi connectivity index (χ4n) is 3.21. The second kappa shape index (κ2) is 8.97. The Morgan fingerprint density at radius 2 is 1.71 bits per heavy atom. The fraction of sp³-hybridized carbons (Fsp3) is 1.00. The lowest BCUT2D eigenvalue weighted by atomic mass is 9.85. The lowest BCUT2D eigenvalue weighted by Crippen LogP contribution is -2.23. The zero-order valence-corrected chi connectivity index (χ0v) is 12.0. The van der Waals surface area contributed by atoms with Crippen LogP contribution in [0.3, 0.4) is 0 Å². The minimum Gasteiger partial charge on any atom is -0.393 e. The summed E-state index contributed by atoms with van der Waals surface area (Å²) in [6.07, 6.45) is 14.2. The Bertz CT molecular complexity index is 170. The van der Waals surface area contributed by atoms with Crippen LogP contribution < -0.4 is 0 Å². The van der Waals surface area contributed by atoms with Crippen molar-refractivity contribution >= 4 is 0 Å². The molecule has 0 heterocycles. The molecule has 102 valence electrons. The monoisotopic (exact) mass is 240 g/mol. The van der Waals surface area contributed by atoms with E-state index in [4.69, 9.17) is 0 Å². The van der Waals surface area contributed by atoms with Crippen LogP contribution in [0.2, 0.25) is 0 Å². The molecule has 0 spiro atoms. The molecule has 0 aromatic heterocycles. The first kappa shape index (κ1) is 15.0. The maximum atomic E-state index is 10.4. The van der Waals surface area contributed by atoms with Crippen LogP contribution in [0.25, 0.3) is 0 Å². The zero-order valence-electron chi connectivity index (χ0n) is 12.0. The van der Waals surface area contributed by atoms with Crippen molar-refractivity contribution in [2.45, 2.75) is 90.6 Å². The van der Waals surface area contributed by atoms with E-state index in [-0.39, 0.29) is 6.10 Å². The molecule has 17 heavy (non-hydrogen) atoms. The van der Waals surface area contributed by atoms with E-state index in [1.54, 1.807) is 0 Å². The summed E-state index contributed by atoms with van der Waals surface area (Å²) in [5, 5.41) is 10.4. The van der Waals surface area contributed by atoms with Gasteiger partial charge in [-0.1, -0.05) is 65.2 Å². The highest BCUT2D eigenvalue weighted by Crippen LogP contribution is 2.30. The van der Waals surface area contributed by atoms with Crippen LogP contribution in [-0.2, 0) is 0 Å². The second-order valence-corrected chi connectivity index (χ2v) is 5.97. The smallest absolute Gasteiger partial charge is 0.0571 e. The Labute approximate surface area is 108 Å². The van der Waals surface area contributed by atoms with Crippen LogP contribution in [0.4, 0.5) is 0 Å². The van der Waals surface area contributed by atoms with E-state index in [9.17, 15) is 5.11 Å². The molecule has 1 N–H and O–H groups in total. The van der Waals surface area contributed by atoms with Crippen molar-refractivity contribution in [3.63, 3.8) is 0 Å². The summed E-state index contributed by atoms with van der Waals surface area (Å²) in [6.45, 7) is 4.54. The van der Waals surface area contributed by atoms with Crippen LogP contribution in [0.1, 0.15) is 84.5 Å². The van der Waals surface area contributed by atoms with Gasteiger partial charge in [0.1, 0.15) is 0 Å². The Morgan fingerprint density at radius 3 is 2.24 bits per heavy atom. The highest BCUT2D eigenvalue weighted by atomic mass is 16.3. The largest absolute Gasteiger partial charge is 0.393 e. The number of hydrogen-bond donors (Lipinski definition) is 1. The van der Waals surface area contributed by atoms with E-state index in [2.05, 4.69) is 13.8 Å². The lowest BCUT2D eigenvalue weighted by Gasteiger charge is -2.25. The Balaban J connectivity index is 2.31. The standard InChI is InChI=1S/C16H32O/c1-3-5-10-14(4-2)13-16(17)15-11-8-6-7-9-12-15/h14-17H,3-13H2,1-2H3. The summed E-state index contributed by atoms with van der Waals surface area (Å²) < 4.78 is 0. The van der Waals surface area contributed by atoms with Gasteiger partial charge < -0.3 is 5.11 Å². The minimum atomic E-state index is -0.0186. The lowest BCUT2D eigenvalue weighted by molar-refractivity contribution is 0.0710. The van der Waals surface area contributed by atoms with E-state index < -0.39 is 0 Å². The molecule has 1 nitrogen and oxygen atoms in total. The first-order valence-electron chi connectivity index (χ1n) is 7.96. The third kappa shape index (κ3) is 5.90. The molecule has 0 amide bonds. The first-order valence-corrected chi connectivity index (χ1v) is 7.96. The van der Waals surface area contributed by atoms with Gasteiger partial charge in [-0.25, -0.2) is 0 Å². The molecular weight excluding hydrogens is 208 g/mol. The van der Waals surface area contributed by atoms with E-state index in [1.165, 1.54) is 64.2 Å². The Kier molecular flexibility index (Phi) is 7.92. The van der Waals surface area contributed by atoms with Crippen LogP contribution in [0.15, 0.2) is 0 Å². The van der Waals surface area contributed by atoms with Gasteiger partial charge >= 0.3 is 0 Å². The topological polar surface area (TPSA) is 20.2 Å². The van der Waals surface area contributed by atoms with Crippen LogP contribution in [0.5, 0.6) is 0 Å². The molecule has 1 saturated carbocycles. The van der Waals surface area contributed by atoms with Gasteiger partial charge in [-0.2, -0.15) is 0 Å². The zero-order chi connectivity index (χ0) is 12.5. The van der Waals surface area contributed by atoms with E-state index in [0.29, 0.717) is 5.92 Å². The molecule has 1 rings (SSSR count). The maximum absolute atomic E-state index is 10.4. The van der Waals surface area contributed by atoms with Crippen molar-refractivity contribution < 1.29 is 5.11 Å². The van der Waals surface area contributed by atoms with Gasteiger partial charge in [0, 0.05) is 0 Å². The van der Waals surface area contributed by atoms with E-state index in [1.807, 2.05) is 0 Å². The average Bonchev–Trinajstić information content (AvgIpc) is 2.63. The van der Waals surface area contributed by atoms with Gasteiger partial charge in [0.15, 0.2) is 0 Å². The molecule has 0 aromatic rings. The molecule has 0 aromatic carbocycles. The quantitative estimate of drug-likeness (QED) is 0.626. The maximum Gasteiger partial charge on any atom is 0.0571 e. The number of rotatable bonds is 7. The molecule has 1 aliphatic rings. The normalized spacial score (nSPS) is 22.1. The van der Waals surface area contributed by atoms with Crippen molar-refractivity contribution in [2.24, 2.45) is 11.8 Å². The summed E-state index contributed by atoms with van der Waals surface area (Å²) in [7, 11) is 0. The third-order valence-electron chi connectivity index (χ3n) is 4.56. The van der Waals surface area contributed by atoms with E-state index >= 15 is 0 Å². The summed E-state index contributed by atoms with van der Waals surface area (Å²) in [5.41, 5.74) is 0. The molecular formula is C16H32O. The molecule has 2 unspecified atom stereocenters. The molecule has 2 atom stereocenters. The summed E-state index contributed by atoms with van der Waals surface area (Å²) in [5.74, 6) is 1.36. The summed E-state index contributed by atoms with van der Waals surface area (Å²) in [6, 6.07) is 0. The predicted octanol–water partition coefficient (Wildman–Crippen LogP) is 4.92. The van der Waals surface area contributed by atoms with Gasteiger partial charge in [-0.3, -0.25) is 0 Å². The fourth-order valence-corrected chi connectivity index (χ4v) is 3.21. The molecule has 1 heteroatoms. The Morgan fingerprint density at radius 1 is 1.06 bits per heavy atom. The molecule has 0 saturated heterocycles. The van der Waals surface area contributed by atoms with Crippen molar-refractivity contribution in [2.75, 3.05) is 0 Å². The van der Waals surface area contributed by atoms with Gasteiger partial charge in [-0.05, 0) is 31.1 Å². The van der Waals surface area contributed by atoms with Crippen molar-refractivity contribution in [1.29, 1.82) is 0 Å². The highest BCUT2D eigenvalue weighted by molar-refractivity contribution is 4.74. The number of hydrogen-bond acceptors (Lipinski definition) is 1. The van der Waals surface area contributed by atoms with Gasteiger partial charge in [-0.15, -0.1) is 0 Å². The van der Waals surface area contributed by atoms with Crippen molar-refractivity contribution in [1.82, 2.24) is 0 Å². The van der Waals surface area contributed by atoms with Crippen LogP contribution in [0, 0.1) is 11.8 Å². The summed E-state index contributed by atoms with van der Waals surface area (Å²) in [4.78, 5) is 0. The van der Waals surface area contributed by atoms with Crippen molar-refractivity contribution in [3.05, 3.63) is 0 Å². The summed E-state index contributed by atoms with van der Waals surface area (Å²) >= 11 is 0. The van der Waals surface area contributed by atoms with Crippen LogP contribution >= 0.6 is 0 Å². The Hall–Kier alpha value is -0.0400. The minimum absolute atomic E-state index is 0.0186. The number of aliphatic hydroxyl groups is 1. The van der Waals surface area contributed by atoms with Gasteiger partial charge in [0.2, 0.25) is 0 Å².